The van der Waals surface area contributed by atoms with Crippen molar-refractivity contribution < 1.29 is 9.66 Å². The van der Waals surface area contributed by atoms with E-state index in [9.17, 15) is 10.1 Å². The first-order chi connectivity index (χ1) is 12.5. The first-order valence-corrected chi connectivity index (χ1v) is 9.07. The molecule has 0 saturated heterocycles. The molecule has 2 heterocycles. The lowest BCUT2D eigenvalue weighted by molar-refractivity contribution is -0.383. The van der Waals surface area contributed by atoms with Crippen LogP contribution in [0.2, 0.25) is 0 Å². The molecule has 2 aromatic rings. The van der Waals surface area contributed by atoms with Gasteiger partial charge in [-0.2, -0.15) is 4.98 Å². The van der Waals surface area contributed by atoms with Crippen LogP contribution in [0.4, 0.5) is 17.5 Å². The van der Waals surface area contributed by atoms with Crippen LogP contribution in [0.3, 0.4) is 0 Å². The van der Waals surface area contributed by atoms with Crippen molar-refractivity contribution in [1.82, 2.24) is 15.0 Å². The number of pyridine rings is 1. The number of nitrogens with two attached hydrogens (primary N) is 1. The molecule has 0 bridgehead atoms. The van der Waals surface area contributed by atoms with Crippen LogP contribution in [-0.4, -0.2) is 33.0 Å². The maximum absolute atomic E-state index is 11.8. The van der Waals surface area contributed by atoms with Crippen molar-refractivity contribution in [1.29, 1.82) is 0 Å². The monoisotopic (exact) mass is 422 g/mol. The van der Waals surface area contributed by atoms with E-state index < -0.39 is 4.92 Å². The van der Waals surface area contributed by atoms with E-state index >= 15 is 0 Å². The lowest BCUT2D eigenvalue weighted by Crippen LogP contribution is -2.24. The number of rotatable bonds is 5. The van der Waals surface area contributed by atoms with Crippen LogP contribution in [0, 0.1) is 10.1 Å². The molecule has 1 aliphatic rings. The van der Waals surface area contributed by atoms with E-state index in [4.69, 9.17) is 10.5 Å². The van der Waals surface area contributed by atoms with Crippen LogP contribution in [0.5, 0.6) is 5.88 Å². The Hall–Kier alpha value is -2.49. The first kappa shape index (κ1) is 18.3. The molecule has 0 aromatic carbocycles. The third-order valence-electron chi connectivity index (χ3n) is 4.30. The summed E-state index contributed by atoms with van der Waals surface area (Å²) in [5.41, 5.74) is 6.05. The summed E-state index contributed by atoms with van der Waals surface area (Å²) in [4.78, 5) is 23.7. The molecule has 3 N–H and O–H groups in total. The molecule has 1 fully saturated rings. The van der Waals surface area contributed by atoms with Crippen LogP contribution in [0.1, 0.15) is 32.1 Å². The number of nitrogens with one attached hydrogen (secondary N) is 1. The fourth-order valence-electron chi connectivity index (χ4n) is 3.13. The van der Waals surface area contributed by atoms with E-state index in [0.717, 1.165) is 25.7 Å². The van der Waals surface area contributed by atoms with Crippen LogP contribution in [-0.2, 0) is 0 Å². The van der Waals surface area contributed by atoms with Gasteiger partial charge in [-0.05, 0) is 34.8 Å². The second-order valence-electron chi connectivity index (χ2n) is 6.07. The Morgan fingerprint density at radius 1 is 1.35 bits per heavy atom. The van der Waals surface area contributed by atoms with Crippen molar-refractivity contribution >= 4 is 33.4 Å². The van der Waals surface area contributed by atoms with Crippen molar-refractivity contribution in [3.63, 3.8) is 0 Å². The smallest absolute Gasteiger partial charge is 0.337 e. The summed E-state index contributed by atoms with van der Waals surface area (Å²) < 4.78 is 5.88. The highest BCUT2D eigenvalue weighted by Crippen LogP contribution is 2.39. The predicted octanol–water partition coefficient (Wildman–Crippen LogP) is 3.54. The van der Waals surface area contributed by atoms with Crippen molar-refractivity contribution in [2.45, 2.75) is 38.1 Å². The average Bonchev–Trinajstić information content (AvgIpc) is 2.61. The Labute approximate surface area is 158 Å². The van der Waals surface area contributed by atoms with E-state index in [2.05, 4.69) is 36.2 Å². The highest BCUT2D eigenvalue weighted by molar-refractivity contribution is 9.10. The number of halogens is 1. The Kier molecular flexibility index (Phi) is 5.50. The zero-order chi connectivity index (χ0) is 18.7. The van der Waals surface area contributed by atoms with Gasteiger partial charge in [-0.25, -0.2) is 9.97 Å². The number of nitro groups is 1. The maximum atomic E-state index is 11.8. The predicted molar refractivity (Wildman–Crippen MR) is 101 cm³/mol. The van der Waals surface area contributed by atoms with Gasteiger partial charge in [-0.15, -0.1) is 0 Å². The average molecular weight is 423 g/mol. The standard InChI is InChI=1S/C16H19BrN6O3/c1-26-15-11(7-9(17)8-19-15)12-13(23(24)25)14(22-16(18)21-12)20-10-5-3-2-4-6-10/h7-8,10H,2-6H2,1H3,(H3,18,20,21,22). The topological polar surface area (TPSA) is 129 Å². The summed E-state index contributed by atoms with van der Waals surface area (Å²) in [6.07, 6.45) is 6.78. The van der Waals surface area contributed by atoms with Crippen LogP contribution >= 0.6 is 15.9 Å². The van der Waals surface area contributed by atoms with Gasteiger partial charge in [0, 0.05) is 16.7 Å². The van der Waals surface area contributed by atoms with Crippen LogP contribution < -0.4 is 15.8 Å². The Morgan fingerprint density at radius 2 is 2.08 bits per heavy atom. The van der Waals surface area contributed by atoms with Gasteiger partial charge in [0.1, 0.15) is 0 Å². The molecule has 0 spiro atoms. The molecule has 0 unspecified atom stereocenters. The second-order valence-corrected chi connectivity index (χ2v) is 6.99. The highest BCUT2D eigenvalue weighted by Gasteiger charge is 2.29. The molecular formula is C16H19BrN6O3. The van der Waals surface area contributed by atoms with Crippen molar-refractivity contribution in [3.05, 3.63) is 26.9 Å². The minimum atomic E-state index is -0.500. The normalized spacial score (nSPS) is 14.8. The molecule has 1 saturated carbocycles. The van der Waals surface area contributed by atoms with E-state index in [1.54, 1.807) is 12.3 Å². The zero-order valence-corrected chi connectivity index (χ0v) is 15.8. The van der Waals surface area contributed by atoms with E-state index in [-0.39, 0.29) is 35.1 Å². The van der Waals surface area contributed by atoms with Crippen molar-refractivity contribution in [2.75, 3.05) is 18.2 Å². The summed E-state index contributed by atoms with van der Waals surface area (Å²) in [6.45, 7) is 0. The fourth-order valence-corrected chi connectivity index (χ4v) is 3.46. The first-order valence-electron chi connectivity index (χ1n) is 8.28. The van der Waals surface area contributed by atoms with Gasteiger partial charge in [0.05, 0.1) is 17.6 Å². The summed E-state index contributed by atoms with van der Waals surface area (Å²) in [5, 5.41) is 15.0. The van der Waals surface area contributed by atoms with E-state index in [1.807, 2.05) is 0 Å². The van der Waals surface area contributed by atoms with E-state index in [1.165, 1.54) is 13.5 Å². The molecule has 0 radical (unpaired) electrons. The van der Waals surface area contributed by atoms with Crippen molar-refractivity contribution in [2.24, 2.45) is 0 Å². The molecule has 2 aromatic heterocycles. The van der Waals surface area contributed by atoms with Gasteiger partial charge >= 0.3 is 5.69 Å². The van der Waals surface area contributed by atoms with Gasteiger partial charge in [-0.1, -0.05) is 19.3 Å². The summed E-state index contributed by atoms with van der Waals surface area (Å²) in [6, 6.07) is 1.79. The number of hydrogen-bond donors (Lipinski definition) is 2. The summed E-state index contributed by atoms with van der Waals surface area (Å²) in [5.74, 6) is 0.301. The lowest BCUT2D eigenvalue weighted by atomic mass is 9.95. The number of hydrogen-bond acceptors (Lipinski definition) is 8. The second kappa shape index (κ2) is 7.81. The fraction of sp³-hybridized carbons (Fsp3) is 0.438. The largest absolute Gasteiger partial charge is 0.481 e. The molecule has 138 valence electrons. The minimum Gasteiger partial charge on any atom is -0.481 e. The summed E-state index contributed by atoms with van der Waals surface area (Å²) >= 11 is 3.32. The molecule has 26 heavy (non-hydrogen) atoms. The molecule has 3 rings (SSSR count). The Balaban J connectivity index is 2.13. The van der Waals surface area contributed by atoms with Gasteiger partial charge in [-0.3, -0.25) is 10.1 Å². The molecule has 0 aliphatic heterocycles. The number of ether oxygens (including phenoxy) is 1. The SMILES string of the molecule is COc1ncc(Br)cc1-c1nc(N)nc(NC2CCCCC2)c1[N+](=O)[O-]. The Bertz CT molecular complexity index is 826. The molecular weight excluding hydrogens is 404 g/mol. The zero-order valence-electron chi connectivity index (χ0n) is 14.2. The van der Waals surface area contributed by atoms with Gasteiger partial charge in [0.25, 0.3) is 0 Å². The molecule has 10 heteroatoms. The van der Waals surface area contributed by atoms with Gasteiger partial charge in [0.2, 0.25) is 17.6 Å². The molecule has 0 amide bonds. The van der Waals surface area contributed by atoms with Crippen LogP contribution in [0.25, 0.3) is 11.3 Å². The van der Waals surface area contributed by atoms with Gasteiger partial charge < -0.3 is 15.8 Å². The van der Waals surface area contributed by atoms with Gasteiger partial charge in [0.15, 0.2) is 5.69 Å². The molecule has 1 aliphatic carbocycles. The highest BCUT2D eigenvalue weighted by atomic mass is 79.9. The maximum Gasteiger partial charge on any atom is 0.337 e. The van der Waals surface area contributed by atoms with Crippen LogP contribution in [0.15, 0.2) is 16.7 Å². The summed E-state index contributed by atoms with van der Waals surface area (Å²) in [7, 11) is 1.44. The quantitative estimate of drug-likeness (QED) is 0.552. The van der Waals surface area contributed by atoms with Crippen molar-refractivity contribution in [3.8, 4) is 17.1 Å². The Morgan fingerprint density at radius 3 is 2.73 bits per heavy atom. The third kappa shape index (κ3) is 3.85. The number of anilines is 2. The third-order valence-corrected chi connectivity index (χ3v) is 4.73. The molecule has 9 nitrogen and oxygen atoms in total. The molecule has 0 atom stereocenters. The number of aromatic nitrogens is 3. The number of methoxy groups -OCH3 is 1. The number of nitrogen functional groups attached to an aromatic ring is 1. The lowest BCUT2D eigenvalue weighted by Gasteiger charge is -2.23. The number of nitrogens with zero attached hydrogens (tertiary/aromatic N) is 4. The minimum absolute atomic E-state index is 0.0501. The van der Waals surface area contributed by atoms with E-state index in [0.29, 0.717) is 10.0 Å².